The molecule has 0 spiro atoms. The summed E-state index contributed by atoms with van der Waals surface area (Å²) in [5, 5.41) is 11.1. The summed E-state index contributed by atoms with van der Waals surface area (Å²) >= 11 is 0. The van der Waals surface area contributed by atoms with Gasteiger partial charge in [0.25, 0.3) is 0 Å². The first-order valence-corrected chi connectivity index (χ1v) is 13.6. The van der Waals surface area contributed by atoms with Crippen LogP contribution in [0.15, 0.2) is 109 Å². The molecule has 3 atom stereocenters. The van der Waals surface area contributed by atoms with Crippen LogP contribution < -0.4 is 0 Å². The van der Waals surface area contributed by atoms with Gasteiger partial charge in [0.1, 0.15) is 24.3 Å². The molecule has 41 heavy (non-hydrogen) atoms. The average molecular weight is 549 g/mol. The smallest absolute Gasteiger partial charge is 0.184 e. The zero-order valence-electron chi connectivity index (χ0n) is 23.0. The minimum absolute atomic E-state index is 0.163. The summed E-state index contributed by atoms with van der Waals surface area (Å²) in [5.74, 6) is 0.472. The molecule has 3 heterocycles. The van der Waals surface area contributed by atoms with Crippen LogP contribution in [0.2, 0.25) is 0 Å². The first kappa shape index (κ1) is 26.8. The van der Waals surface area contributed by atoms with Crippen molar-refractivity contribution in [3.63, 3.8) is 0 Å². The zero-order valence-corrected chi connectivity index (χ0v) is 23.0. The quantitative estimate of drug-likeness (QED) is 0.162. The molecule has 1 N–H and O–H groups in total. The molecule has 0 bridgehead atoms. The molecule has 0 unspecified atom stereocenters. The predicted molar refractivity (Wildman–Crippen MR) is 157 cm³/mol. The lowest BCUT2D eigenvalue weighted by atomic mass is 9.80. The Morgan fingerprint density at radius 1 is 0.927 bits per heavy atom. The lowest BCUT2D eigenvalue weighted by molar-refractivity contribution is -0.0930. The van der Waals surface area contributed by atoms with Crippen LogP contribution in [0.4, 0.5) is 5.82 Å². The maximum atomic E-state index is 11.1. The number of hydrogen-bond donors (Lipinski definition) is 1. The van der Waals surface area contributed by atoms with Gasteiger partial charge in [0.2, 0.25) is 0 Å². The lowest BCUT2D eigenvalue weighted by Crippen LogP contribution is -2.38. The fraction of sp³-hybridized carbons (Fsp3) is 0.250. The summed E-state index contributed by atoms with van der Waals surface area (Å²) in [7, 11) is 3.77. The van der Waals surface area contributed by atoms with Crippen molar-refractivity contribution >= 4 is 23.3 Å². The number of aliphatic hydroxyl groups excluding tert-OH is 1. The largest absolute Gasteiger partial charge is 0.390 e. The maximum absolute atomic E-state index is 11.1. The molecule has 1 aliphatic heterocycles. The number of nitrogens with zero attached hydrogens (tertiary/aromatic N) is 6. The van der Waals surface area contributed by atoms with E-state index in [4.69, 9.17) is 9.47 Å². The Hall–Kier alpha value is -4.44. The molecule has 1 fully saturated rings. The third-order valence-electron chi connectivity index (χ3n) is 7.27. The molecule has 5 aromatic rings. The number of ether oxygens (including phenoxy) is 2. The third kappa shape index (κ3) is 5.22. The van der Waals surface area contributed by atoms with Crippen LogP contribution in [0.3, 0.4) is 0 Å². The van der Waals surface area contributed by atoms with Gasteiger partial charge in [-0.2, -0.15) is 0 Å². The van der Waals surface area contributed by atoms with E-state index in [0.29, 0.717) is 23.4 Å². The van der Waals surface area contributed by atoms with Crippen LogP contribution in [-0.2, 0) is 15.1 Å². The van der Waals surface area contributed by atoms with E-state index in [1.165, 1.54) is 6.33 Å². The Labute approximate surface area is 238 Å². The first-order chi connectivity index (χ1) is 20.1. The van der Waals surface area contributed by atoms with Crippen LogP contribution in [0.1, 0.15) is 29.3 Å². The number of imidazole rings is 1. The van der Waals surface area contributed by atoms with Crippen LogP contribution in [-0.4, -0.2) is 68.8 Å². The highest BCUT2D eigenvalue weighted by Crippen LogP contribution is 2.42. The molecule has 0 aliphatic carbocycles. The van der Waals surface area contributed by atoms with Gasteiger partial charge in [-0.25, -0.2) is 19.9 Å². The summed E-state index contributed by atoms with van der Waals surface area (Å²) in [5.41, 5.74) is 3.23. The number of aliphatic hydroxyl groups is 1. The van der Waals surface area contributed by atoms with Gasteiger partial charge in [-0.15, -0.1) is 0 Å². The van der Waals surface area contributed by atoms with Gasteiger partial charge in [0.15, 0.2) is 17.0 Å². The monoisotopic (exact) mass is 548 g/mol. The summed E-state index contributed by atoms with van der Waals surface area (Å²) in [6, 6.07) is 30.5. The number of hydrogen-bond acceptors (Lipinski definition) is 7. The van der Waals surface area contributed by atoms with Crippen molar-refractivity contribution in [3.05, 3.63) is 120 Å². The Morgan fingerprint density at radius 3 is 2.07 bits per heavy atom. The highest BCUT2D eigenvalue weighted by atomic mass is 16.6. The fourth-order valence-corrected chi connectivity index (χ4v) is 5.33. The summed E-state index contributed by atoms with van der Waals surface area (Å²) in [6.07, 6.45) is 3.38. The van der Waals surface area contributed by atoms with E-state index >= 15 is 0 Å². The summed E-state index contributed by atoms with van der Waals surface area (Å²) in [6.45, 7) is 0.163. The molecule has 0 saturated carbocycles. The zero-order chi connectivity index (χ0) is 28.2. The normalized spacial score (nSPS) is 19.2. The SMILES string of the molecule is CN(C)/C=N/c1ncnc2c1ncn2[C@H]1C[C@H](O)[C@@H](COC(c2ccccc2)(c2ccccc2)c2ccccc2)O1. The van der Waals surface area contributed by atoms with E-state index in [1.54, 1.807) is 12.7 Å². The number of aliphatic imine (C=N–C) groups is 1. The molecule has 2 aromatic heterocycles. The van der Waals surface area contributed by atoms with Crippen LogP contribution >= 0.6 is 0 Å². The molecule has 0 amide bonds. The molecule has 6 rings (SSSR count). The van der Waals surface area contributed by atoms with Gasteiger partial charge >= 0.3 is 0 Å². The minimum Gasteiger partial charge on any atom is -0.390 e. The lowest BCUT2D eigenvalue weighted by Gasteiger charge is -2.37. The van der Waals surface area contributed by atoms with Crippen molar-refractivity contribution < 1.29 is 14.6 Å². The number of benzene rings is 3. The van der Waals surface area contributed by atoms with E-state index in [1.807, 2.05) is 78.2 Å². The summed E-state index contributed by atoms with van der Waals surface area (Å²) < 4.78 is 15.1. The summed E-state index contributed by atoms with van der Waals surface area (Å²) in [4.78, 5) is 19.5. The predicted octanol–water partition coefficient (Wildman–Crippen LogP) is 4.70. The Morgan fingerprint density at radius 2 is 1.51 bits per heavy atom. The Bertz CT molecular complexity index is 1510. The molecule has 9 nitrogen and oxygen atoms in total. The molecule has 1 saturated heterocycles. The third-order valence-corrected chi connectivity index (χ3v) is 7.27. The van der Waals surface area contributed by atoms with Crippen molar-refractivity contribution in [1.29, 1.82) is 0 Å². The first-order valence-electron chi connectivity index (χ1n) is 13.6. The van der Waals surface area contributed by atoms with Crippen molar-refractivity contribution in [2.45, 2.75) is 30.5 Å². The molecule has 3 aromatic carbocycles. The van der Waals surface area contributed by atoms with Gasteiger partial charge in [-0.1, -0.05) is 91.0 Å². The van der Waals surface area contributed by atoms with Crippen LogP contribution in [0.5, 0.6) is 0 Å². The number of fused-ring (bicyclic) bond motifs is 1. The van der Waals surface area contributed by atoms with Crippen molar-refractivity contribution in [1.82, 2.24) is 24.4 Å². The average Bonchev–Trinajstić information content (AvgIpc) is 3.61. The van der Waals surface area contributed by atoms with E-state index < -0.39 is 24.0 Å². The Kier molecular flexibility index (Phi) is 7.56. The van der Waals surface area contributed by atoms with Gasteiger partial charge in [0, 0.05) is 20.5 Å². The highest BCUT2D eigenvalue weighted by Gasteiger charge is 2.42. The van der Waals surface area contributed by atoms with E-state index in [2.05, 4.69) is 56.3 Å². The molecular formula is C32H32N6O3. The molecule has 208 valence electrons. The van der Waals surface area contributed by atoms with E-state index in [9.17, 15) is 5.11 Å². The number of rotatable bonds is 9. The van der Waals surface area contributed by atoms with Gasteiger partial charge in [-0.05, 0) is 16.7 Å². The standard InChI is InChI=1S/C32H32N6O3/c1-37(2)21-36-30-29-31(34-20-33-30)38(22-35-29)28-18-26(39)27(41-28)19-40-32(23-12-6-3-7-13-23,24-14-8-4-9-15-24)25-16-10-5-11-17-25/h3-17,20-22,26-28,39H,18-19H2,1-2H3/b36-21+/t26-,27+,28+/m0/s1. The fourth-order valence-electron chi connectivity index (χ4n) is 5.33. The molecule has 0 radical (unpaired) electrons. The van der Waals surface area contributed by atoms with Gasteiger partial charge < -0.3 is 19.5 Å². The van der Waals surface area contributed by atoms with Crippen molar-refractivity contribution in [2.75, 3.05) is 20.7 Å². The van der Waals surface area contributed by atoms with Gasteiger partial charge in [0.05, 0.1) is 25.4 Å². The van der Waals surface area contributed by atoms with E-state index in [0.717, 1.165) is 16.7 Å². The minimum atomic E-state index is -0.904. The van der Waals surface area contributed by atoms with E-state index in [-0.39, 0.29) is 6.61 Å². The second-order valence-corrected chi connectivity index (χ2v) is 10.3. The van der Waals surface area contributed by atoms with Gasteiger partial charge in [-0.3, -0.25) is 4.57 Å². The molecule has 9 heteroatoms. The van der Waals surface area contributed by atoms with Crippen molar-refractivity contribution in [2.24, 2.45) is 4.99 Å². The Balaban J connectivity index is 1.31. The maximum Gasteiger partial charge on any atom is 0.184 e. The van der Waals surface area contributed by atoms with Crippen molar-refractivity contribution in [3.8, 4) is 0 Å². The van der Waals surface area contributed by atoms with Crippen LogP contribution in [0, 0.1) is 0 Å². The molecular weight excluding hydrogens is 516 g/mol. The number of aromatic nitrogens is 4. The second-order valence-electron chi connectivity index (χ2n) is 10.3. The highest BCUT2D eigenvalue weighted by molar-refractivity contribution is 5.82. The second kappa shape index (κ2) is 11.6. The molecule has 1 aliphatic rings. The topological polar surface area (TPSA) is 97.9 Å². The van der Waals surface area contributed by atoms with Crippen LogP contribution in [0.25, 0.3) is 11.2 Å².